The number of nitrogens with one attached hydrogen (secondary N) is 1. The summed E-state index contributed by atoms with van der Waals surface area (Å²) in [6, 6.07) is 8.58. The maximum atomic E-state index is 14.3. The van der Waals surface area contributed by atoms with E-state index in [4.69, 9.17) is 10.5 Å². The molecule has 0 aliphatic heterocycles. The lowest BCUT2D eigenvalue weighted by Crippen LogP contribution is -2.40. The molecule has 0 aliphatic carbocycles. The standard InChI is InChI=1S/C31H31F2N5O7S/c1-37(27(39)8-4-3-7-23(30(41)42)36-31(43)44-2)15-18-12-19(17-45-25-10-9-20(32)14-21(25)33)28-24(13-18)35-26(46-28)16-38-11-5-6-22(34)29(38)40/h4-6,8-14,23H,3,7,15-17,34H2,1-2H3,(H,36,43)(H,41,42)/b8-4+/t23-/m0/s1. The second-order valence-electron chi connectivity index (χ2n) is 10.2. The first-order chi connectivity index (χ1) is 21.9. The molecule has 46 heavy (non-hydrogen) atoms. The first-order valence-corrected chi connectivity index (χ1v) is 14.7. The second kappa shape index (κ2) is 15.1. The number of aromatic nitrogens is 2. The average Bonchev–Trinajstić information content (AvgIpc) is 3.42. The Balaban J connectivity index is 1.53. The van der Waals surface area contributed by atoms with Gasteiger partial charge in [-0.15, -0.1) is 11.3 Å². The van der Waals surface area contributed by atoms with E-state index in [2.05, 4.69) is 15.0 Å². The summed E-state index contributed by atoms with van der Waals surface area (Å²) in [5.74, 6) is -3.32. The van der Waals surface area contributed by atoms with Gasteiger partial charge in [-0.25, -0.2) is 23.4 Å². The third-order valence-corrected chi connectivity index (χ3v) is 7.89. The number of nitrogen functional groups attached to an aromatic ring is 1. The van der Waals surface area contributed by atoms with E-state index in [1.807, 2.05) is 0 Å². The van der Waals surface area contributed by atoms with Gasteiger partial charge < -0.3 is 35.1 Å². The number of halogens is 2. The minimum atomic E-state index is -1.23. The molecular formula is C31H31F2N5O7S. The van der Waals surface area contributed by atoms with Gasteiger partial charge in [-0.2, -0.15) is 0 Å². The van der Waals surface area contributed by atoms with E-state index in [1.165, 1.54) is 45.1 Å². The zero-order chi connectivity index (χ0) is 33.4. The van der Waals surface area contributed by atoms with Crippen LogP contribution in [0, 0.1) is 11.6 Å². The lowest BCUT2D eigenvalue weighted by Gasteiger charge is -2.17. The van der Waals surface area contributed by atoms with Crippen molar-refractivity contribution >= 4 is 45.2 Å². The number of amides is 2. The smallest absolute Gasteiger partial charge is 0.407 e. The summed E-state index contributed by atoms with van der Waals surface area (Å²) < 4.78 is 40.0. The molecule has 2 amide bonds. The van der Waals surface area contributed by atoms with E-state index in [-0.39, 0.29) is 55.4 Å². The zero-order valence-corrected chi connectivity index (χ0v) is 25.7. The van der Waals surface area contributed by atoms with Crippen LogP contribution in [0.2, 0.25) is 0 Å². The number of nitrogens with two attached hydrogens (primary N) is 1. The normalized spacial score (nSPS) is 11.8. The van der Waals surface area contributed by atoms with Crippen molar-refractivity contribution in [3.8, 4) is 5.75 Å². The van der Waals surface area contributed by atoms with Crippen molar-refractivity contribution in [1.29, 1.82) is 0 Å². The van der Waals surface area contributed by atoms with Gasteiger partial charge in [0, 0.05) is 31.4 Å². The first kappa shape index (κ1) is 33.6. The molecule has 0 radical (unpaired) electrons. The number of methoxy groups -OCH3 is 1. The summed E-state index contributed by atoms with van der Waals surface area (Å²) in [6.07, 6.45) is 3.79. The number of alkyl carbamates (subject to hydrolysis) is 1. The predicted octanol–water partition coefficient (Wildman–Crippen LogP) is 4.05. The molecular weight excluding hydrogens is 624 g/mol. The Morgan fingerprint density at radius 3 is 2.72 bits per heavy atom. The number of hydrogen-bond acceptors (Lipinski definition) is 9. The van der Waals surface area contributed by atoms with Crippen LogP contribution in [0.5, 0.6) is 5.75 Å². The number of hydrogen-bond donors (Lipinski definition) is 3. The molecule has 4 rings (SSSR count). The topological polar surface area (TPSA) is 166 Å². The molecule has 1 atom stereocenters. The fourth-order valence-corrected chi connectivity index (χ4v) is 5.48. The van der Waals surface area contributed by atoms with Crippen molar-refractivity contribution in [3.63, 3.8) is 0 Å². The summed E-state index contributed by atoms with van der Waals surface area (Å²) >= 11 is 1.32. The molecule has 242 valence electrons. The summed E-state index contributed by atoms with van der Waals surface area (Å²) in [5.41, 5.74) is 7.39. The first-order valence-electron chi connectivity index (χ1n) is 13.9. The molecule has 0 saturated carbocycles. The monoisotopic (exact) mass is 655 g/mol. The highest BCUT2D eigenvalue weighted by Crippen LogP contribution is 2.30. The minimum absolute atomic E-state index is 0.0421. The number of aliphatic carboxylic acids is 1. The average molecular weight is 656 g/mol. The van der Waals surface area contributed by atoms with Gasteiger partial charge in [0.15, 0.2) is 11.6 Å². The van der Waals surface area contributed by atoms with Crippen molar-refractivity contribution < 1.29 is 37.7 Å². The number of ether oxygens (including phenoxy) is 2. The fraction of sp³-hybridized carbons (Fsp3) is 0.258. The van der Waals surface area contributed by atoms with E-state index in [0.29, 0.717) is 21.7 Å². The summed E-state index contributed by atoms with van der Waals surface area (Å²) in [7, 11) is 2.71. The number of nitrogens with zero attached hydrogens (tertiary/aromatic N) is 3. The Morgan fingerprint density at radius 2 is 2.00 bits per heavy atom. The molecule has 2 aromatic carbocycles. The summed E-state index contributed by atoms with van der Waals surface area (Å²) in [5, 5.41) is 12.1. The number of pyridine rings is 1. The number of anilines is 1. The molecule has 0 aliphatic rings. The Kier molecular flexibility index (Phi) is 11.0. The number of carboxylic acids is 1. The minimum Gasteiger partial charge on any atom is -0.486 e. The number of carbonyl (C=O) groups excluding carboxylic acids is 2. The Morgan fingerprint density at radius 1 is 1.22 bits per heavy atom. The van der Waals surface area contributed by atoms with Gasteiger partial charge in [-0.3, -0.25) is 9.59 Å². The molecule has 4 aromatic rings. The Hall–Kier alpha value is -5.31. The van der Waals surface area contributed by atoms with E-state index in [1.54, 1.807) is 31.4 Å². The quantitative estimate of drug-likeness (QED) is 0.180. The molecule has 0 bridgehead atoms. The van der Waals surface area contributed by atoms with Crippen LogP contribution in [0.1, 0.15) is 29.0 Å². The van der Waals surface area contributed by atoms with E-state index < -0.39 is 29.7 Å². The Bertz CT molecular complexity index is 1840. The van der Waals surface area contributed by atoms with E-state index >= 15 is 0 Å². The summed E-state index contributed by atoms with van der Waals surface area (Å²) in [4.78, 5) is 54.1. The number of carboxylic acid groups (broad SMARTS) is 1. The zero-order valence-electron chi connectivity index (χ0n) is 24.9. The number of thiazole rings is 1. The van der Waals surface area contributed by atoms with Crippen LogP contribution in [0.25, 0.3) is 10.2 Å². The number of fused-ring (bicyclic) bond motifs is 1. The summed E-state index contributed by atoms with van der Waals surface area (Å²) in [6.45, 7) is 0.224. The third-order valence-electron chi connectivity index (χ3n) is 6.76. The number of likely N-dealkylation sites (N-methyl/N-ethyl adjacent to an activating group) is 1. The van der Waals surface area contributed by atoms with E-state index in [0.717, 1.165) is 23.9 Å². The lowest BCUT2D eigenvalue weighted by atomic mass is 10.1. The van der Waals surface area contributed by atoms with Crippen molar-refractivity contribution in [2.24, 2.45) is 0 Å². The van der Waals surface area contributed by atoms with Crippen LogP contribution in [0.4, 0.5) is 19.3 Å². The maximum absolute atomic E-state index is 14.3. The van der Waals surface area contributed by atoms with Crippen molar-refractivity contribution in [2.45, 2.75) is 38.6 Å². The van der Waals surface area contributed by atoms with Crippen molar-refractivity contribution in [1.82, 2.24) is 19.8 Å². The molecule has 12 nitrogen and oxygen atoms in total. The Labute approximate surface area is 265 Å². The largest absolute Gasteiger partial charge is 0.486 e. The molecule has 0 fully saturated rings. The highest BCUT2D eigenvalue weighted by molar-refractivity contribution is 7.18. The van der Waals surface area contributed by atoms with Crippen molar-refractivity contribution in [2.75, 3.05) is 19.9 Å². The number of benzene rings is 2. The molecule has 0 saturated heterocycles. The second-order valence-corrected chi connectivity index (χ2v) is 11.3. The highest BCUT2D eigenvalue weighted by Gasteiger charge is 2.19. The number of rotatable bonds is 13. The van der Waals surface area contributed by atoms with Crippen LogP contribution in [0.15, 0.2) is 65.6 Å². The van der Waals surface area contributed by atoms with Crippen LogP contribution in [-0.4, -0.2) is 57.7 Å². The van der Waals surface area contributed by atoms with Crippen LogP contribution >= 0.6 is 11.3 Å². The van der Waals surface area contributed by atoms with Crippen LogP contribution < -0.4 is 21.3 Å². The molecule has 0 unspecified atom stereocenters. The maximum Gasteiger partial charge on any atom is 0.407 e. The van der Waals surface area contributed by atoms with Gasteiger partial charge in [0.05, 0.1) is 29.6 Å². The molecule has 15 heteroatoms. The van der Waals surface area contributed by atoms with Gasteiger partial charge >= 0.3 is 12.1 Å². The fourth-order valence-electron chi connectivity index (χ4n) is 4.44. The van der Waals surface area contributed by atoms with Crippen molar-refractivity contribution in [3.05, 3.63) is 98.9 Å². The third kappa shape index (κ3) is 8.65. The van der Waals surface area contributed by atoms with Gasteiger partial charge in [0.2, 0.25) is 5.91 Å². The molecule has 0 spiro atoms. The van der Waals surface area contributed by atoms with Gasteiger partial charge in [-0.1, -0.05) is 6.08 Å². The number of carbonyl (C=O) groups is 3. The SMILES string of the molecule is COC(=O)N[C@@H](CC/C=C/C(=O)N(C)Cc1cc(COc2ccc(F)cc2F)c2sc(Cn3cccc(N)c3=O)nc2c1)C(=O)O. The van der Waals surface area contributed by atoms with Crippen LogP contribution in [-0.2, 0) is 34.0 Å². The van der Waals surface area contributed by atoms with Gasteiger partial charge in [0.1, 0.15) is 23.5 Å². The molecule has 2 aromatic heterocycles. The molecule has 4 N–H and O–H groups in total. The number of allylic oxidation sites excluding steroid dienone is 1. The van der Waals surface area contributed by atoms with Gasteiger partial charge in [-0.05, 0) is 60.9 Å². The highest BCUT2D eigenvalue weighted by atomic mass is 32.1. The van der Waals surface area contributed by atoms with Crippen LogP contribution in [0.3, 0.4) is 0 Å². The van der Waals surface area contributed by atoms with E-state index in [9.17, 15) is 33.1 Å². The van der Waals surface area contributed by atoms with Gasteiger partial charge in [0.25, 0.3) is 5.56 Å². The predicted molar refractivity (Wildman–Crippen MR) is 166 cm³/mol. The lowest BCUT2D eigenvalue weighted by molar-refractivity contribution is -0.139. The molecule has 2 heterocycles.